The Bertz CT molecular complexity index is 309. The van der Waals surface area contributed by atoms with E-state index in [0.717, 1.165) is 0 Å². The molecule has 1 aromatic rings. The molecule has 6 nitrogen and oxygen atoms in total. The summed E-state index contributed by atoms with van der Waals surface area (Å²) in [6, 6.07) is 5.88. The van der Waals surface area contributed by atoms with Crippen LogP contribution in [-0.4, -0.2) is 21.0 Å². The molecule has 0 aromatic heterocycles. The highest BCUT2D eigenvalue weighted by molar-refractivity contribution is 6.69. The number of benzene rings is 1. The van der Waals surface area contributed by atoms with Gasteiger partial charge in [0.2, 0.25) is 0 Å². The molecule has 0 atom stereocenters. The van der Waals surface area contributed by atoms with Gasteiger partial charge in [0.25, 0.3) is 5.69 Å². The Morgan fingerprint density at radius 1 is 1.36 bits per heavy atom. The summed E-state index contributed by atoms with van der Waals surface area (Å²) in [7, 11) is 0. The summed E-state index contributed by atoms with van der Waals surface area (Å²) in [5, 5.41) is 17.1. The highest BCUT2D eigenvalue weighted by Crippen LogP contribution is 2.18. The van der Waals surface area contributed by atoms with Crippen molar-refractivity contribution >= 4 is 22.5 Å². The molecular formula is C7H9ClN2O4. The van der Waals surface area contributed by atoms with Crippen LogP contribution in [0.15, 0.2) is 24.3 Å². The summed E-state index contributed by atoms with van der Waals surface area (Å²) in [6.07, 6.45) is 0. The monoisotopic (exact) mass is 220 g/mol. The van der Waals surface area contributed by atoms with Gasteiger partial charge < -0.3 is 11.0 Å². The summed E-state index contributed by atoms with van der Waals surface area (Å²) in [6.45, 7) is 0. The molecule has 78 valence electrons. The van der Waals surface area contributed by atoms with Crippen LogP contribution in [0.25, 0.3) is 0 Å². The lowest BCUT2D eigenvalue weighted by atomic mass is 10.2. The summed E-state index contributed by atoms with van der Waals surface area (Å²) >= 11 is 5.33. The fraction of sp³-hybridized carbons (Fsp3) is 0. The molecule has 1 aromatic carbocycles. The summed E-state index contributed by atoms with van der Waals surface area (Å²) in [5.41, 5.74) is 0.00154. The number of halogens is 1. The van der Waals surface area contributed by atoms with E-state index in [-0.39, 0.29) is 27.4 Å². The molecule has 0 saturated heterocycles. The lowest BCUT2D eigenvalue weighted by molar-refractivity contribution is -0.385. The zero-order valence-electron chi connectivity index (χ0n) is 6.95. The quantitative estimate of drug-likeness (QED) is 0.442. The van der Waals surface area contributed by atoms with Gasteiger partial charge in [-0.05, 0) is 6.07 Å². The number of nitro benzene ring substituents is 1. The van der Waals surface area contributed by atoms with Gasteiger partial charge in [0.1, 0.15) is 5.17 Å². The van der Waals surface area contributed by atoms with Crippen molar-refractivity contribution in [2.45, 2.75) is 0 Å². The Labute approximate surface area is 84.4 Å². The number of rotatable bonds is 2. The van der Waals surface area contributed by atoms with E-state index in [0.29, 0.717) is 0 Å². The minimum Gasteiger partial charge on any atom is -0.412 e. The number of nitro groups is 1. The Kier molecular flexibility index (Phi) is 6.46. The molecule has 1 rings (SSSR count). The van der Waals surface area contributed by atoms with Crippen molar-refractivity contribution in [3.63, 3.8) is 0 Å². The zero-order chi connectivity index (χ0) is 9.14. The van der Waals surface area contributed by atoms with Crippen molar-refractivity contribution in [1.29, 1.82) is 5.41 Å². The van der Waals surface area contributed by atoms with Crippen LogP contribution >= 0.6 is 11.6 Å². The zero-order valence-corrected chi connectivity index (χ0v) is 7.71. The van der Waals surface area contributed by atoms with E-state index in [2.05, 4.69) is 0 Å². The molecule has 0 saturated carbocycles. The maximum absolute atomic E-state index is 10.4. The molecule has 0 aliphatic rings. The molecule has 0 radical (unpaired) electrons. The minimum atomic E-state index is -0.563. The smallest absolute Gasteiger partial charge is 0.279 e. The summed E-state index contributed by atoms with van der Waals surface area (Å²) in [5.74, 6) is 0. The van der Waals surface area contributed by atoms with Crippen LogP contribution in [0, 0.1) is 15.5 Å². The van der Waals surface area contributed by atoms with Gasteiger partial charge in [-0.2, -0.15) is 0 Å². The van der Waals surface area contributed by atoms with Gasteiger partial charge in [0, 0.05) is 6.07 Å². The Morgan fingerprint density at radius 3 is 2.21 bits per heavy atom. The second-order valence-corrected chi connectivity index (χ2v) is 2.47. The van der Waals surface area contributed by atoms with Gasteiger partial charge in [-0.25, -0.2) is 0 Å². The minimum absolute atomic E-state index is 0. The van der Waals surface area contributed by atoms with E-state index in [4.69, 9.17) is 17.0 Å². The van der Waals surface area contributed by atoms with Crippen molar-refractivity contribution in [3.8, 4) is 0 Å². The lowest BCUT2D eigenvalue weighted by Gasteiger charge is -1.96. The number of hydrogen-bond acceptors (Lipinski definition) is 3. The van der Waals surface area contributed by atoms with Gasteiger partial charge in [0.15, 0.2) is 0 Å². The largest absolute Gasteiger partial charge is 0.412 e. The second-order valence-electron chi connectivity index (χ2n) is 2.09. The highest BCUT2D eigenvalue weighted by Gasteiger charge is 2.14. The second kappa shape index (κ2) is 6.03. The Hall–Kier alpha value is -1.50. The summed E-state index contributed by atoms with van der Waals surface area (Å²) in [4.78, 5) is 9.81. The van der Waals surface area contributed by atoms with Gasteiger partial charge in [-0.1, -0.05) is 23.7 Å². The van der Waals surface area contributed by atoms with E-state index in [1.165, 1.54) is 18.2 Å². The first kappa shape index (κ1) is 15.0. The summed E-state index contributed by atoms with van der Waals surface area (Å²) < 4.78 is 0. The first-order chi connectivity index (χ1) is 5.63. The average Bonchev–Trinajstić information content (AvgIpc) is 2.04. The number of hydrogen-bond donors (Lipinski definition) is 1. The van der Waals surface area contributed by atoms with E-state index < -0.39 is 4.92 Å². The molecule has 0 unspecified atom stereocenters. The predicted molar refractivity (Wildman–Crippen MR) is 53.0 cm³/mol. The highest BCUT2D eigenvalue weighted by atomic mass is 35.5. The molecule has 0 amide bonds. The Balaban J connectivity index is 0. The lowest BCUT2D eigenvalue weighted by Crippen LogP contribution is -1.97. The van der Waals surface area contributed by atoms with Crippen molar-refractivity contribution in [2.75, 3.05) is 0 Å². The standard InChI is InChI=1S/C7H5ClN2O2.2H2O/c8-7(9)5-3-1-2-4-6(5)10(11)12;;/h1-4,9H;2*1H2. The van der Waals surface area contributed by atoms with Crippen LogP contribution in [0.4, 0.5) is 5.69 Å². The van der Waals surface area contributed by atoms with Gasteiger partial charge >= 0.3 is 0 Å². The third-order valence-corrected chi connectivity index (χ3v) is 1.54. The molecule has 0 bridgehead atoms. The number of para-hydroxylation sites is 1. The van der Waals surface area contributed by atoms with Crippen molar-refractivity contribution in [2.24, 2.45) is 0 Å². The van der Waals surface area contributed by atoms with Crippen LogP contribution in [0.2, 0.25) is 0 Å². The van der Waals surface area contributed by atoms with Gasteiger partial charge in [0.05, 0.1) is 10.5 Å². The molecule has 0 aliphatic heterocycles. The molecule has 7 heteroatoms. The predicted octanol–water partition coefficient (Wildman–Crippen LogP) is 0.510. The molecule has 5 N–H and O–H groups in total. The average molecular weight is 221 g/mol. The number of nitrogens with zero attached hydrogens (tertiary/aromatic N) is 1. The van der Waals surface area contributed by atoms with Crippen molar-refractivity contribution in [1.82, 2.24) is 0 Å². The van der Waals surface area contributed by atoms with E-state index >= 15 is 0 Å². The fourth-order valence-electron chi connectivity index (χ4n) is 0.818. The van der Waals surface area contributed by atoms with Crippen LogP contribution < -0.4 is 0 Å². The van der Waals surface area contributed by atoms with Crippen molar-refractivity contribution in [3.05, 3.63) is 39.9 Å². The van der Waals surface area contributed by atoms with Crippen LogP contribution in [0.5, 0.6) is 0 Å². The topological polar surface area (TPSA) is 130 Å². The third-order valence-electron chi connectivity index (χ3n) is 1.34. The van der Waals surface area contributed by atoms with E-state index in [9.17, 15) is 10.1 Å². The third kappa shape index (κ3) is 3.09. The molecule has 0 heterocycles. The number of nitrogens with one attached hydrogen (secondary N) is 1. The first-order valence-corrected chi connectivity index (χ1v) is 3.48. The fourth-order valence-corrected chi connectivity index (χ4v) is 0.978. The molecule has 14 heavy (non-hydrogen) atoms. The maximum atomic E-state index is 10.4. The molecule has 0 spiro atoms. The van der Waals surface area contributed by atoms with Crippen molar-refractivity contribution < 1.29 is 15.9 Å². The maximum Gasteiger partial charge on any atom is 0.279 e. The first-order valence-electron chi connectivity index (χ1n) is 3.11. The Morgan fingerprint density at radius 2 is 1.86 bits per heavy atom. The van der Waals surface area contributed by atoms with Crippen LogP contribution in [0.3, 0.4) is 0 Å². The van der Waals surface area contributed by atoms with E-state index in [1.54, 1.807) is 6.07 Å². The molecule has 0 aliphatic carbocycles. The molecule has 0 fully saturated rings. The van der Waals surface area contributed by atoms with E-state index in [1.807, 2.05) is 0 Å². The van der Waals surface area contributed by atoms with Gasteiger partial charge in [-0.3, -0.25) is 15.5 Å². The SMILES string of the molecule is N=C(Cl)c1ccccc1[N+](=O)[O-].O.O. The normalized spacial score (nSPS) is 8.07. The molecular weight excluding hydrogens is 212 g/mol. The van der Waals surface area contributed by atoms with Crippen LogP contribution in [-0.2, 0) is 0 Å². The van der Waals surface area contributed by atoms with Crippen LogP contribution in [0.1, 0.15) is 5.56 Å². The van der Waals surface area contributed by atoms with Gasteiger partial charge in [-0.15, -0.1) is 0 Å².